The van der Waals surface area contributed by atoms with Gasteiger partial charge in [0.25, 0.3) is 0 Å². The van der Waals surface area contributed by atoms with Gasteiger partial charge in [-0.1, -0.05) is 6.07 Å². The number of hydrogen-bond acceptors (Lipinski definition) is 8. The fourth-order valence-electron chi connectivity index (χ4n) is 3.51. The van der Waals surface area contributed by atoms with Crippen LogP contribution in [-0.2, 0) is 20.1 Å². The Bertz CT molecular complexity index is 863. The summed E-state index contributed by atoms with van der Waals surface area (Å²) in [5, 5.41) is 21.3. The highest BCUT2D eigenvalue weighted by Gasteiger charge is 2.27. The first-order valence-electron chi connectivity index (χ1n) is 9.41. The van der Waals surface area contributed by atoms with Crippen molar-refractivity contribution in [2.75, 3.05) is 26.2 Å². The molecule has 1 unspecified atom stereocenters. The van der Waals surface area contributed by atoms with E-state index >= 15 is 0 Å². The quantitative estimate of drug-likeness (QED) is 0.602. The number of furan rings is 1. The van der Waals surface area contributed by atoms with Gasteiger partial charge in [-0.3, -0.25) is 9.80 Å². The zero-order valence-corrected chi connectivity index (χ0v) is 17.5. The third kappa shape index (κ3) is 4.84. The monoisotopic (exact) mass is 419 g/mol. The maximum Gasteiger partial charge on any atom is 0.198 e. The molecule has 3 aromatic rings. The van der Waals surface area contributed by atoms with Crippen LogP contribution >= 0.6 is 23.1 Å². The molecule has 1 N–H and O–H groups in total. The lowest BCUT2D eigenvalue weighted by Gasteiger charge is -2.41. The van der Waals surface area contributed by atoms with E-state index in [1.54, 1.807) is 17.7 Å². The summed E-state index contributed by atoms with van der Waals surface area (Å²) in [6.45, 7) is 4.92. The Morgan fingerprint density at radius 3 is 2.96 bits per heavy atom. The SMILES string of the molecule is Cn1cnnc1Sc1ccc(CN2CCN(Cc3cccs3)C(CCO)C2)o1. The van der Waals surface area contributed by atoms with Crippen LogP contribution in [0.1, 0.15) is 17.1 Å². The average molecular weight is 420 g/mol. The number of nitrogens with zero attached hydrogens (tertiary/aromatic N) is 5. The first-order valence-corrected chi connectivity index (χ1v) is 11.1. The Kier molecular flexibility index (Phi) is 6.48. The number of aryl methyl sites for hydroxylation is 1. The van der Waals surface area contributed by atoms with E-state index in [2.05, 4.69) is 37.5 Å². The van der Waals surface area contributed by atoms with Crippen molar-refractivity contribution in [1.29, 1.82) is 0 Å². The molecular formula is C19H25N5O2S2. The molecule has 150 valence electrons. The molecule has 0 saturated carbocycles. The summed E-state index contributed by atoms with van der Waals surface area (Å²) in [5.74, 6) is 0.958. The Morgan fingerprint density at radius 1 is 1.29 bits per heavy atom. The summed E-state index contributed by atoms with van der Waals surface area (Å²) in [5.41, 5.74) is 0. The number of thiophene rings is 1. The summed E-state index contributed by atoms with van der Waals surface area (Å²) >= 11 is 3.28. The molecule has 0 spiro atoms. The molecule has 0 aliphatic carbocycles. The van der Waals surface area contributed by atoms with Gasteiger partial charge in [-0.05, 0) is 41.8 Å². The molecule has 28 heavy (non-hydrogen) atoms. The van der Waals surface area contributed by atoms with Crippen LogP contribution < -0.4 is 0 Å². The van der Waals surface area contributed by atoms with E-state index in [4.69, 9.17) is 4.42 Å². The van der Waals surface area contributed by atoms with Gasteiger partial charge in [0.05, 0.1) is 6.54 Å². The van der Waals surface area contributed by atoms with E-state index in [0.29, 0.717) is 6.04 Å². The van der Waals surface area contributed by atoms with Crippen molar-refractivity contribution in [3.63, 3.8) is 0 Å². The summed E-state index contributed by atoms with van der Waals surface area (Å²) in [7, 11) is 1.92. The van der Waals surface area contributed by atoms with Crippen molar-refractivity contribution in [2.24, 2.45) is 7.05 Å². The molecule has 9 heteroatoms. The van der Waals surface area contributed by atoms with Crippen molar-refractivity contribution in [2.45, 2.75) is 35.8 Å². The van der Waals surface area contributed by atoms with Crippen LogP contribution in [0.5, 0.6) is 0 Å². The Balaban J connectivity index is 1.34. The first kappa shape index (κ1) is 19.7. The predicted octanol–water partition coefficient (Wildman–Crippen LogP) is 2.69. The summed E-state index contributed by atoms with van der Waals surface area (Å²) in [6, 6.07) is 8.69. The molecule has 1 fully saturated rings. The topological polar surface area (TPSA) is 70.6 Å². The van der Waals surface area contributed by atoms with Gasteiger partial charge in [-0.25, -0.2) is 0 Å². The summed E-state index contributed by atoms with van der Waals surface area (Å²) in [4.78, 5) is 6.30. The third-order valence-electron chi connectivity index (χ3n) is 4.97. The van der Waals surface area contributed by atoms with Crippen LogP contribution in [0.3, 0.4) is 0 Å². The normalized spacial score (nSPS) is 18.7. The Labute approximate surface area is 173 Å². The fourth-order valence-corrected chi connectivity index (χ4v) is 4.98. The molecule has 1 aliphatic rings. The highest BCUT2D eigenvalue weighted by molar-refractivity contribution is 7.99. The Hall–Kier alpha value is -1.65. The van der Waals surface area contributed by atoms with Crippen LogP contribution in [0.2, 0.25) is 0 Å². The molecule has 4 heterocycles. The second kappa shape index (κ2) is 9.23. The van der Waals surface area contributed by atoms with E-state index in [9.17, 15) is 5.11 Å². The molecule has 1 atom stereocenters. The standard InChI is InChI=1S/C19H25N5O2S2/c1-22-14-20-21-19(22)28-18-5-4-16(26-18)12-23-7-8-24(15(11-23)6-9-25)13-17-3-2-10-27-17/h2-5,10,14-15,25H,6-9,11-13H2,1H3. The number of aliphatic hydroxyl groups excluding tert-OH is 1. The molecule has 7 nitrogen and oxygen atoms in total. The molecule has 0 amide bonds. The third-order valence-corrected chi connectivity index (χ3v) is 6.80. The zero-order chi connectivity index (χ0) is 19.3. The van der Waals surface area contributed by atoms with Gasteiger partial charge >= 0.3 is 0 Å². The molecular weight excluding hydrogens is 394 g/mol. The molecule has 0 aromatic carbocycles. The first-order chi connectivity index (χ1) is 13.7. The second-order valence-corrected chi connectivity index (χ2v) is 9.00. The minimum Gasteiger partial charge on any atom is -0.453 e. The average Bonchev–Trinajstić information content (AvgIpc) is 3.42. The molecule has 1 aliphatic heterocycles. The smallest absolute Gasteiger partial charge is 0.198 e. The minimum atomic E-state index is 0.221. The van der Waals surface area contributed by atoms with E-state index in [0.717, 1.165) is 55.2 Å². The number of aromatic nitrogens is 3. The van der Waals surface area contributed by atoms with Gasteiger partial charge in [-0.2, -0.15) is 0 Å². The van der Waals surface area contributed by atoms with Crippen LogP contribution in [0.25, 0.3) is 0 Å². The molecule has 0 bridgehead atoms. The van der Waals surface area contributed by atoms with Gasteiger partial charge in [0, 0.05) is 50.8 Å². The molecule has 4 rings (SSSR count). The minimum absolute atomic E-state index is 0.221. The van der Waals surface area contributed by atoms with Crippen molar-refractivity contribution in [3.8, 4) is 0 Å². The van der Waals surface area contributed by atoms with E-state index in [1.807, 2.05) is 23.7 Å². The highest BCUT2D eigenvalue weighted by atomic mass is 32.2. The fraction of sp³-hybridized carbons (Fsp3) is 0.474. The maximum absolute atomic E-state index is 9.51. The van der Waals surface area contributed by atoms with E-state index in [-0.39, 0.29) is 6.61 Å². The lowest BCUT2D eigenvalue weighted by molar-refractivity contribution is 0.0470. The second-order valence-electron chi connectivity index (χ2n) is 7.00. The van der Waals surface area contributed by atoms with Crippen molar-refractivity contribution < 1.29 is 9.52 Å². The van der Waals surface area contributed by atoms with Crippen molar-refractivity contribution in [3.05, 3.63) is 46.6 Å². The largest absolute Gasteiger partial charge is 0.453 e. The summed E-state index contributed by atoms with van der Waals surface area (Å²) in [6.07, 6.45) is 2.48. The van der Waals surface area contributed by atoms with Crippen LogP contribution in [0, 0.1) is 0 Å². The maximum atomic E-state index is 9.51. The zero-order valence-electron chi connectivity index (χ0n) is 15.9. The molecule has 0 radical (unpaired) electrons. The lowest BCUT2D eigenvalue weighted by Crippen LogP contribution is -2.52. The van der Waals surface area contributed by atoms with Crippen molar-refractivity contribution in [1.82, 2.24) is 24.6 Å². The number of aliphatic hydroxyl groups is 1. The number of rotatable bonds is 8. The van der Waals surface area contributed by atoms with Gasteiger partial charge in [0.15, 0.2) is 10.2 Å². The molecule has 1 saturated heterocycles. The molecule has 3 aromatic heterocycles. The number of hydrogen-bond donors (Lipinski definition) is 1. The van der Waals surface area contributed by atoms with Gasteiger partial charge < -0.3 is 14.1 Å². The van der Waals surface area contributed by atoms with Crippen molar-refractivity contribution >= 4 is 23.1 Å². The van der Waals surface area contributed by atoms with E-state index in [1.165, 1.54) is 16.6 Å². The summed E-state index contributed by atoms with van der Waals surface area (Å²) < 4.78 is 7.88. The van der Waals surface area contributed by atoms with Crippen LogP contribution in [0.15, 0.2) is 50.6 Å². The number of piperazine rings is 1. The highest BCUT2D eigenvalue weighted by Crippen LogP contribution is 2.28. The Morgan fingerprint density at radius 2 is 2.21 bits per heavy atom. The predicted molar refractivity (Wildman–Crippen MR) is 109 cm³/mol. The van der Waals surface area contributed by atoms with Gasteiger partial charge in [0.1, 0.15) is 12.1 Å². The van der Waals surface area contributed by atoms with Gasteiger partial charge in [0.2, 0.25) is 0 Å². The van der Waals surface area contributed by atoms with Crippen LogP contribution in [0.4, 0.5) is 0 Å². The van der Waals surface area contributed by atoms with E-state index < -0.39 is 0 Å². The van der Waals surface area contributed by atoms with Gasteiger partial charge in [-0.15, -0.1) is 21.5 Å². The lowest BCUT2D eigenvalue weighted by atomic mass is 10.1. The van der Waals surface area contributed by atoms with Crippen LogP contribution in [-0.4, -0.2) is 62.0 Å².